The zero-order valence-electron chi connectivity index (χ0n) is 14.0. The molecule has 0 aromatic rings. The summed E-state index contributed by atoms with van der Waals surface area (Å²) in [7, 11) is 0. The van der Waals surface area contributed by atoms with Crippen molar-refractivity contribution >= 4 is 0 Å². The highest BCUT2D eigenvalue weighted by atomic mass is 14.9. The van der Waals surface area contributed by atoms with Gasteiger partial charge in [-0.1, -0.05) is 27.2 Å². The molecular formula is C19H35N. The zero-order chi connectivity index (χ0) is 14.2. The summed E-state index contributed by atoms with van der Waals surface area (Å²) >= 11 is 0. The summed E-state index contributed by atoms with van der Waals surface area (Å²) in [6.07, 6.45) is 13.5. The van der Waals surface area contributed by atoms with Gasteiger partial charge in [0.05, 0.1) is 0 Å². The first kappa shape index (κ1) is 14.9. The molecule has 3 rings (SSSR count). The van der Waals surface area contributed by atoms with Gasteiger partial charge >= 0.3 is 0 Å². The van der Waals surface area contributed by atoms with E-state index >= 15 is 0 Å². The molecule has 0 aromatic carbocycles. The van der Waals surface area contributed by atoms with Gasteiger partial charge in [-0.3, -0.25) is 0 Å². The van der Waals surface area contributed by atoms with Crippen LogP contribution in [0.3, 0.4) is 0 Å². The van der Waals surface area contributed by atoms with Crippen LogP contribution in [-0.4, -0.2) is 12.6 Å². The van der Waals surface area contributed by atoms with E-state index < -0.39 is 0 Å². The Morgan fingerprint density at radius 1 is 1.05 bits per heavy atom. The molecule has 20 heavy (non-hydrogen) atoms. The second kappa shape index (κ2) is 5.99. The Morgan fingerprint density at radius 2 is 1.80 bits per heavy atom. The van der Waals surface area contributed by atoms with E-state index in [9.17, 15) is 0 Å². The minimum absolute atomic E-state index is 0.611. The van der Waals surface area contributed by atoms with Gasteiger partial charge in [0.2, 0.25) is 0 Å². The van der Waals surface area contributed by atoms with Crippen molar-refractivity contribution in [1.29, 1.82) is 0 Å². The van der Waals surface area contributed by atoms with Crippen molar-refractivity contribution in [2.45, 2.75) is 84.6 Å². The molecule has 0 heterocycles. The van der Waals surface area contributed by atoms with Crippen LogP contribution in [0.25, 0.3) is 0 Å². The summed E-state index contributed by atoms with van der Waals surface area (Å²) in [6, 6.07) is 0.820. The minimum Gasteiger partial charge on any atom is -0.314 e. The summed E-state index contributed by atoms with van der Waals surface area (Å²) in [4.78, 5) is 0. The van der Waals surface area contributed by atoms with Gasteiger partial charge in [-0.05, 0) is 87.0 Å². The SMILES string of the molecule is CCNC(CC1CC2CCC1C2)C1CCC(C)(C)CC1. The molecule has 0 aliphatic heterocycles. The van der Waals surface area contributed by atoms with Crippen LogP contribution in [0.4, 0.5) is 0 Å². The standard InChI is InChI=1S/C19H35N/c1-4-20-18(15-7-9-19(2,3)10-8-15)13-17-12-14-5-6-16(17)11-14/h14-18,20H,4-13H2,1-3H3. The quantitative estimate of drug-likeness (QED) is 0.745. The normalized spacial score (nSPS) is 38.2. The molecule has 1 N–H and O–H groups in total. The first-order valence-electron chi connectivity index (χ1n) is 9.31. The van der Waals surface area contributed by atoms with Crippen LogP contribution in [0.5, 0.6) is 0 Å². The first-order valence-corrected chi connectivity index (χ1v) is 9.31. The highest BCUT2D eigenvalue weighted by molar-refractivity contribution is 4.94. The average molecular weight is 277 g/mol. The smallest absolute Gasteiger partial charge is 0.00979 e. The van der Waals surface area contributed by atoms with Gasteiger partial charge in [0.1, 0.15) is 0 Å². The molecule has 1 nitrogen and oxygen atoms in total. The van der Waals surface area contributed by atoms with Crippen LogP contribution in [-0.2, 0) is 0 Å². The van der Waals surface area contributed by atoms with Crippen molar-refractivity contribution in [3.05, 3.63) is 0 Å². The molecule has 3 aliphatic rings. The number of rotatable bonds is 5. The highest BCUT2D eigenvalue weighted by Crippen LogP contribution is 2.51. The van der Waals surface area contributed by atoms with Gasteiger partial charge in [-0.2, -0.15) is 0 Å². The topological polar surface area (TPSA) is 12.0 Å². The maximum absolute atomic E-state index is 3.87. The van der Waals surface area contributed by atoms with Crippen LogP contribution in [0.2, 0.25) is 0 Å². The van der Waals surface area contributed by atoms with E-state index in [1.807, 2.05) is 0 Å². The third-order valence-corrected chi connectivity index (χ3v) is 6.86. The average Bonchev–Trinajstić information content (AvgIpc) is 3.00. The zero-order valence-corrected chi connectivity index (χ0v) is 14.0. The van der Waals surface area contributed by atoms with Gasteiger partial charge in [0, 0.05) is 6.04 Å². The molecule has 0 aromatic heterocycles. The highest BCUT2D eigenvalue weighted by Gasteiger charge is 2.41. The maximum atomic E-state index is 3.87. The lowest BCUT2D eigenvalue weighted by atomic mass is 9.69. The van der Waals surface area contributed by atoms with E-state index in [0.29, 0.717) is 5.41 Å². The molecule has 0 spiro atoms. The van der Waals surface area contributed by atoms with E-state index in [2.05, 4.69) is 26.1 Å². The Morgan fingerprint density at radius 3 is 2.35 bits per heavy atom. The molecule has 2 bridgehead atoms. The Balaban J connectivity index is 1.55. The molecule has 0 radical (unpaired) electrons. The maximum Gasteiger partial charge on any atom is 0.00979 e. The number of fused-ring (bicyclic) bond motifs is 2. The third kappa shape index (κ3) is 3.24. The lowest BCUT2D eigenvalue weighted by molar-refractivity contribution is 0.142. The lowest BCUT2D eigenvalue weighted by Gasteiger charge is -2.40. The Kier molecular flexibility index (Phi) is 4.45. The Labute approximate surface area is 126 Å². The molecule has 1 heteroatoms. The van der Waals surface area contributed by atoms with Gasteiger partial charge < -0.3 is 5.32 Å². The summed E-state index contributed by atoms with van der Waals surface area (Å²) in [5, 5.41) is 3.87. The van der Waals surface area contributed by atoms with E-state index in [-0.39, 0.29) is 0 Å². The van der Waals surface area contributed by atoms with Crippen LogP contribution in [0.1, 0.15) is 78.6 Å². The summed E-state index contributed by atoms with van der Waals surface area (Å²) < 4.78 is 0. The van der Waals surface area contributed by atoms with Crippen molar-refractivity contribution in [3.63, 3.8) is 0 Å². The first-order chi connectivity index (χ1) is 9.57. The van der Waals surface area contributed by atoms with Crippen LogP contribution in [0, 0.1) is 29.1 Å². The number of nitrogens with one attached hydrogen (secondary N) is 1. The van der Waals surface area contributed by atoms with E-state index in [0.717, 1.165) is 36.3 Å². The number of hydrogen-bond donors (Lipinski definition) is 1. The van der Waals surface area contributed by atoms with Gasteiger partial charge in [0.15, 0.2) is 0 Å². The van der Waals surface area contributed by atoms with E-state index in [4.69, 9.17) is 0 Å². The molecule has 3 aliphatic carbocycles. The second-order valence-corrected chi connectivity index (χ2v) is 8.84. The van der Waals surface area contributed by atoms with Crippen LogP contribution in [0.15, 0.2) is 0 Å². The molecule has 3 fully saturated rings. The summed E-state index contributed by atoms with van der Waals surface area (Å²) in [5.74, 6) is 4.23. The van der Waals surface area contributed by atoms with Crippen molar-refractivity contribution < 1.29 is 0 Å². The van der Waals surface area contributed by atoms with Gasteiger partial charge in [-0.25, -0.2) is 0 Å². The van der Waals surface area contributed by atoms with E-state index in [1.54, 1.807) is 25.7 Å². The molecule has 0 amide bonds. The molecule has 0 saturated heterocycles. The van der Waals surface area contributed by atoms with Crippen molar-refractivity contribution in [2.75, 3.05) is 6.54 Å². The molecule has 4 atom stereocenters. The van der Waals surface area contributed by atoms with Crippen LogP contribution < -0.4 is 5.32 Å². The Bertz CT molecular complexity index is 312. The molecule has 3 saturated carbocycles. The lowest BCUT2D eigenvalue weighted by Crippen LogP contribution is -2.41. The van der Waals surface area contributed by atoms with Crippen LogP contribution >= 0.6 is 0 Å². The predicted octanol–water partition coefficient (Wildman–Crippen LogP) is 5.01. The second-order valence-electron chi connectivity index (χ2n) is 8.84. The predicted molar refractivity (Wildman–Crippen MR) is 86.8 cm³/mol. The van der Waals surface area contributed by atoms with E-state index in [1.165, 1.54) is 32.1 Å². The van der Waals surface area contributed by atoms with Gasteiger partial charge in [0.25, 0.3) is 0 Å². The molecule has 116 valence electrons. The molecule has 4 unspecified atom stereocenters. The fourth-order valence-corrected chi connectivity index (χ4v) is 5.52. The third-order valence-electron chi connectivity index (χ3n) is 6.86. The van der Waals surface area contributed by atoms with Gasteiger partial charge in [-0.15, -0.1) is 0 Å². The summed E-state index contributed by atoms with van der Waals surface area (Å²) in [5.41, 5.74) is 0.611. The monoisotopic (exact) mass is 277 g/mol. The fourth-order valence-electron chi connectivity index (χ4n) is 5.52. The minimum atomic E-state index is 0.611. The van der Waals surface area contributed by atoms with Crippen molar-refractivity contribution in [2.24, 2.45) is 29.1 Å². The van der Waals surface area contributed by atoms with Crippen molar-refractivity contribution in [1.82, 2.24) is 5.32 Å². The number of hydrogen-bond acceptors (Lipinski definition) is 1. The fraction of sp³-hybridized carbons (Fsp3) is 1.00. The molecular weight excluding hydrogens is 242 g/mol. The summed E-state index contributed by atoms with van der Waals surface area (Å²) in [6.45, 7) is 8.37. The van der Waals surface area contributed by atoms with Crippen molar-refractivity contribution in [3.8, 4) is 0 Å². The Hall–Kier alpha value is -0.0400. The largest absolute Gasteiger partial charge is 0.314 e.